The highest BCUT2D eigenvalue weighted by molar-refractivity contribution is 5.79. The molecule has 0 saturated heterocycles. The molecule has 1 aromatic rings. The molecule has 0 radical (unpaired) electrons. The van der Waals surface area contributed by atoms with Crippen LogP contribution >= 0.6 is 0 Å². The molecule has 2 atom stereocenters. The standard InChI is InChI=1S/C18H27NO2.CH2O3/c1-12-7-5-6-8-17(12)19-18(20)11-16-13(2)9-15(21-4)10-14(16)3;2-1(3)4/h9-10,12,17H,5-8,11H2,1-4H3,(H,19,20);(H2,2,3,4). The zero-order valence-electron chi connectivity index (χ0n) is 15.5. The van der Waals surface area contributed by atoms with Crippen LogP contribution in [0.5, 0.6) is 5.75 Å². The molecule has 0 aliphatic heterocycles. The van der Waals surface area contributed by atoms with Crippen molar-refractivity contribution in [1.82, 2.24) is 5.32 Å². The maximum absolute atomic E-state index is 12.3. The molecule has 0 aromatic heterocycles. The minimum absolute atomic E-state index is 0.144. The first-order valence-corrected chi connectivity index (χ1v) is 8.60. The number of ether oxygens (including phenoxy) is 1. The average molecular weight is 351 g/mol. The summed E-state index contributed by atoms with van der Waals surface area (Å²) in [5.41, 5.74) is 3.37. The Hall–Kier alpha value is -2.24. The molecule has 6 nitrogen and oxygen atoms in total. The maximum Gasteiger partial charge on any atom is 0.503 e. The average Bonchev–Trinajstić information content (AvgIpc) is 2.52. The fourth-order valence-corrected chi connectivity index (χ4v) is 3.30. The molecule has 0 bridgehead atoms. The number of carboxylic acid groups (broad SMARTS) is 2. The van der Waals surface area contributed by atoms with E-state index < -0.39 is 6.16 Å². The molecule has 1 aliphatic carbocycles. The third-order valence-corrected chi connectivity index (χ3v) is 4.70. The van der Waals surface area contributed by atoms with Crippen LogP contribution < -0.4 is 10.1 Å². The lowest BCUT2D eigenvalue weighted by atomic mass is 9.86. The van der Waals surface area contributed by atoms with Gasteiger partial charge in [-0.1, -0.05) is 19.8 Å². The minimum atomic E-state index is -1.83. The number of amides is 1. The van der Waals surface area contributed by atoms with Crippen LogP contribution in [0.15, 0.2) is 12.1 Å². The number of rotatable bonds is 4. The largest absolute Gasteiger partial charge is 0.503 e. The van der Waals surface area contributed by atoms with Gasteiger partial charge in [-0.2, -0.15) is 0 Å². The summed E-state index contributed by atoms with van der Waals surface area (Å²) < 4.78 is 5.27. The summed E-state index contributed by atoms with van der Waals surface area (Å²) in [4.78, 5) is 20.9. The first-order valence-electron chi connectivity index (χ1n) is 8.60. The molecule has 140 valence electrons. The second-order valence-electron chi connectivity index (χ2n) is 6.63. The molecule has 2 rings (SSSR count). The summed E-state index contributed by atoms with van der Waals surface area (Å²) in [5, 5.41) is 17.2. The second-order valence-corrected chi connectivity index (χ2v) is 6.63. The number of methoxy groups -OCH3 is 1. The molecule has 1 aliphatic rings. The second kappa shape index (κ2) is 9.91. The van der Waals surface area contributed by atoms with E-state index in [4.69, 9.17) is 19.7 Å². The van der Waals surface area contributed by atoms with Crippen molar-refractivity contribution in [1.29, 1.82) is 0 Å². The molecule has 1 fully saturated rings. The van der Waals surface area contributed by atoms with Gasteiger partial charge in [0.05, 0.1) is 13.5 Å². The van der Waals surface area contributed by atoms with E-state index in [-0.39, 0.29) is 5.91 Å². The van der Waals surface area contributed by atoms with Crippen LogP contribution in [-0.2, 0) is 11.2 Å². The molecular weight excluding hydrogens is 322 g/mol. The van der Waals surface area contributed by atoms with Crippen LogP contribution in [0.4, 0.5) is 4.79 Å². The SMILES string of the molecule is COc1cc(C)c(CC(=O)NC2CCCCC2C)c(C)c1.O=C(O)O. The van der Waals surface area contributed by atoms with Gasteiger partial charge in [0.2, 0.25) is 5.91 Å². The molecule has 1 saturated carbocycles. The molecule has 2 unspecified atom stereocenters. The van der Waals surface area contributed by atoms with E-state index in [1.54, 1.807) is 7.11 Å². The number of hydrogen-bond donors (Lipinski definition) is 3. The van der Waals surface area contributed by atoms with Crippen LogP contribution in [-0.4, -0.2) is 35.4 Å². The third-order valence-electron chi connectivity index (χ3n) is 4.70. The van der Waals surface area contributed by atoms with Crippen LogP contribution in [0, 0.1) is 19.8 Å². The molecular formula is C19H29NO5. The Morgan fingerprint density at radius 2 is 1.68 bits per heavy atom. The van der Waals surface area contributed by atoms with Crippen LogP contribution in [0.1, 0.15) is 49.3 Å². The summed E-state index contributed by atoms with van der Waals surface area (Å²) in [6.45, 7) is 6.33. The van der Waals surface area contributed by atoms with Crippen molar-refractivity contribution in [3.63, 3.8) is 0 Å². The van der Waals surface area contributed by atoms with Gasteiger partial charge in [-0.15, -0.1) is 0 Å². The molecule has 1 amide bonds. The van der Waals surface area contributed by atoms with Crippen molar-refractivity contribution < 1.29 is 24.5 Å². The Morgan fingerprint density at radius 1 is 1.16 bits per heavy atom. The highest BCUT2D eigenvalue weighted by atomic mass is 16.6. The quantitative estimate of drug-likeness (QED) is 0.767. The van der Waals surface area contributed by atoms with E-state index in [0.717, 1.165) is 28.9 Å². The summed E-state index contributed by atoms with van der Waals surface area (Å²) in [6.07, 6.45) is 3.50. The lowest BCUT2D eigenvalue weighted by molar-refractivity contribution is -0.121. The predicted molar refractivity (Wildman–Crippen MR) is 96.4 cm³/mol. The Labute approximate surface area is 149 Å². The van der Waals surface area contributed by atoms with E-state index >= 15 is 0 Å². The van der Waals surface area contributed by atoms with E-state index in [2.05, 4.69) is 12.2 Å². The number of carbonyl (C=O) groups is 2. The highest BCUT2D eigenvalue weighted by Crippen LogP contribution is 2.25. The fourth-order valence-electron chi connectivity index (χ4n) is 3.30. The van der Waals surface area contributed by atoms with Gasteiger partial charge in [-0.05, 0) is 61.4 Å². The Kier molecular flexibility index (Phi) is 8.25. The first-order chi connectivity index (χ1) is 11.7. The van der Waals surface area contributed by atoms with Gasteiger partial charge in [0.15, 0.2) is 0 Å². The van der Waals surface area contributed by atoms with Crippen molar-refractivity contribution in [2.45, 2.75) is 58.9 Å². The van der Waals surface area contributed by atoms with Crippen molar-refractivity contribution in [2.24, 2.45) is 5.92 Å². The predicted octanol–water partition coefficient (Wildman–Crippen LogP) is 3.77. The summed E-state index contributed by atoms with van der Waals surface area (Å²) >= 11 is 0. The van der Waals surface area contributed by atoms with Crippen LogP contribution in [0.3, 0.4) is 0 Å². The van der Waals surface area contributed by atoms with Crippen molar-refractivity contribution in [3.8, 4) is 5.75 Å². The Morgan fingerprint density at radius 3 is 2.16 bits per heavy atom. The summed E-state index contributed by atoms with van der Waals surface area (Å²) in [6, 6.07) is 4.35. The monoisotopic (exact) mass is 351 g/mol. The minimum Gasteiger partial charge on any atom is -0.497 e. The van der Waals surface area contributed by atoms with E-state index in [0.29, 0.717) is 18.4 Å². The van der Waals surface area contributed by atoms with E-state index in [1.807, 2.05) is 26.0 Å². The van der Waals surface area contributed by atoms with Gasteiger partial charge in [0.25, 0.3) is 0 Å². The van der Waals surface area contributed by atoms with Gasteiger partial charge in [0, 0.05) is 6.04 Å². The van der Waals surface area contributed by atoms with Gasteiger partial charge in [0.1, 0.15) is 5.75 Å². The molecule has 0 heterocycles. The van der Waals surface area contributed by atoms with E-state index in [1.165, 1.54) is 19.3 Å². The number of nitrogens with one attached hydrogen (secondary N) is 1. The van der Waals surface area contributed by atoms with Crippen molar-refractivity contribution in [2.75, 3.05) is 7.11 Å². The highest BCUT2D eigenvalue weighted by Gasteiger charge is 2.23. The topological polar surface area (TPSA) is 95.9 Å². The van der Waals surface area contributed by atoms with Gasteiger partial charge in [-0.25, -0.2) is 4.79 Å². The molecule has 25 heavy (non-hydrogen) atoms. The van der Waals surface area contributed by atoms with Gasteiger partial charge >= 0.3 is 6.16 Å². The first kappa shape index (κ1) is 20.8. The molecule has 0 spiro atoms. The number of aryl methyl sites for hydroxylation is 2. The number of benzene rings is 1. The van der Waals surface area contributed by atoms with Crippen molar-refractivity contribution >= 4 is 12.1 Å². The van der Waals surface area contributed by atoms with E-state index in [9.17, 15) is 4.79 Å². The Bertz CT molecular complexity index is 572. The summed E-state index contributed by atoms with van der Waals surface area (Å²) in [7, 11) is 1.67. The summed E-state index contributed by atoms with van der Waals surface area (Å²) in [5.74, 6) is 1.60. The van der Waals surface area contributed by atoms with Gasteiger partial charge < -0.3 is 20.3 Å². The fraction of sp³-hybridized carbons (Fsp3) is 0.579. The molecule has 1 aromatic carbocycles. The zero-order valence-corrected chi connectivity index (χ0v) is 15.5. The maximum atomic E-state index is 12.3. The smallest absolute Gasteiger partial charge is 0.497 e. The molecule has 6 heteroatoms. The lowest BCUT2D eigenvalue weighted by Crippen LogP contribution is -2.41. The third kappa shape index (κ3) is 7.03. The zero-order chi connectivity index (χ0) is 19.0. The van der Waals surface area contributed by atoms with Crippen LogP contribution in [0.25, 0.3) is 0 Å². The van der Waals surface area contributed by atoms with Gasteiger partial charge in [-0.3, -0.25) is 4.79 Å². The molecule has 3 N–H and O–H groups in total. The lowest BCUT2D eigenvalue weighted by Gasteiger charge is -2.29. The normalized spacial score (nSPS) is 19.4. The number of hydrogen-bond acceptors (Lipinski definition) is 3. The van der Waals surface area contributed by atoms with Crippen LogP contribution in [0.2, 0.25) is 0 Å². The number of carbonyl (C=O) groups excluding carboxylic acids is 1. The Balaban J connectivity index is 0.000000705. The van der Waals surface area contributed by atoms with Crippen molar-refractivity contribution in [3.05, 3.63) is 28.8 Å².